The second-order valence-corrected chi connectivity index (χ2v) is 14.7. The molecule has 0 aromatic carbocycles. The zero-order chi connectivity index (χ0) is 41.5. The summed E-state index contributed by atoms with van der Waals surface area (Å²) in [6.45, 7) is 6.33. The van der Waals surface area contributed by atoms with Gasteiger partial charge in [-0.15, -0.1) is 0 Å². The molecule has 0 rings (SSSR count). The second-order valence-electron chi connectivity index (χ2n) is 14.7. The van der Waals surface area contributed by atoms with Gasteiger partial charge >= 0.3 is 17.9 Å². The normalized spacial score (nSPS) is 13.0. The molecule has 0 aliphatic heterocycles. The van der Waals surface area contributed by atoms with E-state index in [-0.39, 0.29) is 37.5 Å². The third-order valence-electron chi connectivity index (χ3n) is 9.20. The largest absolute Gasteiger partial charge is 0.462 e. The van der Waals surface area contributed by atoms with Crippen molar-refractivity contribution in [1.29, 1.82) is 0 Å². The average Bonchev–Trinajstić information content (AvgIpc) is 3.21. The highest BCUT2D eigenvalue weighted by atomic mass is 16.6. The van der Waals surface area contributed by atoms with Crippen LogP contribution in [0.1, 0.15) is 188 Å². The number of carbonyl (C=O) groups excluding carboxylic acids is 3. The molecule has 0 aromatic rings. The minimum absolute atomic E-state index is 0.113. The van der Waals surface area contributed by atoms with Gasteiger partial charge in [-0.1, -0.05) is 182 Å². The van der Waals surface area contributed by atoms with Gasteiger partial charge in [0.1, 0.15) is 13.2 Å². The highest BCUT2D eigenvalue weighted by Crippen LogP contribution is 2.12. The van der Waals surface area contributed by atoms with Gasteiger partial charge in [-0.25, -0.2) is 0 Å². The summed E-state index contributed by atoms with van der Waals surface area (Å²) in [6, 6.07) is 0. The molecule has 6 heteroatoms. The minimum atomic E-state index is -0.812. The first-order chi connectivity index (χ1) is 28.0. The maximum atomic E-state index is 12.7. The molecule has 0 spiro atoms. The SMILES string of the molecule is CC\C=C/C=C\C=C/C=C\C=C/CCCCCC(=O)OCC(COC(=O)CCCCC/C=C\C=C/CCCC)OC(=O)CCCCC/C=C\CCCCCCCC. The van der Waals surface area contributed by atoms with Gasteiger partial charge in [-0.2, -0.15) is 0 Å². The third-order valence-corrected chi connectivity index (χ3v) is 9.20. The van der Waals surface area contributed by atoms with Crippen LogP contribution in [0.3, 0.4) is 0 Å². The number of unbranched alkanes of at least 4 members (excludes halogenated alkanes) is 17. The lowest BCUT2D eigenvalue weighted by Gasteiger charge is -2.18. The summed E-state index contributed by atoms with van der Waals surface area (Å²) in [6.07, 6.45) is 58.2. The highest BCUT2D eigenvalue weighted by Gasteiger charge is 2.19. The number of hydrogen-bond acceptors (Lipinski definition) is 6. The van der Waals surface area contributed by atoms with E-state index in [1.165, 1.54) is 51.4 Å². The zero-order valence-corrected chi connectivity index (χ0v) is 36.6. The molecule has 1 unspecified atom stereocenters. The Kier molecular flexibility index (Phi) is 42.1. The van der Waals surface area contributed by atoms with Crippen LogP contribution in [0.25, 0.3) is 0 Å². The van der Waals surface area contributed by atoms with Crippen molar-refractivity contribution < 1.29 is 28.6 Å². The Morgan fingerprint density at radius 1 is 0.368 bits per heavy atom. The first-order valence-corrected chi connectivity index (χ1v) is 22.8. The highest BCUT2D eigenvalue weighted by molar-refractivity contribution is 5.71. The lowest BCUT2D eigenvalue weighted by atomic mass is 10.1. The Morgan fingerprint density at radius 3 is 1.19 bits per heavy atom. The Hall–Kier alpha value is -3.67. The topological polar surface area (TPSA) is 78.9 Å². The van der Waals surface area contributed by atoms with E-state index in [1.807, 2.05) is 48.6 Å². The average molecular weight is 791 g/mol. The standard InChI is InChI=1S/C51H82O6/c1-4-7-10-13-16-19-22-24-25-27-29-32-35-38-41-44-50(53)56-47-48(46-55-49(52)43-40-37-34-31-28-21-18-15-12-9-6-3)57-51(54)45-42-39-36-33-30-26-23-20-17-14-11-8-5-2/h7,10,13,15-16,18-19,21-22,24-30,48H,4-6,8-9,11-12,14,17,20,23,31-47H2,1-3H3/b10-7-,16-13-,18-15-,22-19-,25-24-,28-21-,29-27-,30-26-. The van der Waals surface area contributed by atoms with Crippen LogP contribution in [0.2, 0.25) is 0 Å². The van der Waals surface area contributed by atoms with E-state index in [1.54, 1.807) is 0 Å². The first kappa shape index (κ1) is 53.3. The van der Waals surface area contributed by atoms with Crippen LogP contribution in [0.5, 0.6) is 0 Å². The summed E-state index contributed by atoms with van der Waals surface area (Å²) in [5.74, 6) is -1.01. The maximum Gasteiger partial charge on any atom is 0.306 e. The molecule has 0 saturated heterocycles. The summed E-state index contributed by atoms with van der Waals surface area (Å²) >= 11 is 0. The molecular weight excluding hydrogens is 709 g/mol. The Labute approximate surface area is 349 Å². The molecule has 0 amide bonds. The Balaban J connectivity index is 4.54. The van der Waals surface area contributed by atoms with E-state index < -0.39 is 6.10 Å². The summed E-state index contributed by atoms with van der Waals surface area (Å²) in [5, 5.41) is 0. The van der Waals surface area contributed by atoms with E-state index in [0.29, 0.717) is 12.8 Å². The number of allylic oxidation sites excluding steroid dienone is 16. The van der Waals surface area contributed by atoms with E-state index >= 15 is 0 Å². The van der Waals surface area contributed by atoms with Gasteiger partial charge in [-0.3, -0.25) is 14.4 Å². The van der Waals surface area contributed by atoms with Gasteiger partial charge in [0, 0.05) is 19.3 Å². The molecule has 0 radical (unpaired) electrons. The lowest BCUT2D eigenvalue weighted by molar-refractivity contribution is -0.167. The van der Waals surface area contributed by atoms with Gasteiger partial charge in [0.25, 0.3) is 0 Å². The lowest BCUT2D eigenvalue weighted by Crippen LogP contribution is -2.30. The molecule has 1 atom stereocenters. The van der Waals surface area contributed by atoms with Crippen LogP contribution in [0, 0.1) is 0 Å². The molecule has 0 bridgehead atoms. The second kappa shape index (κ2) is 45.0. The summed E-state index contributed by atoms with van der Waals surface area (Å²) < 4.78 is 16.6. The summed E-state index contributed by atoms with van der Waals surface area (Å²) in [7, 11) is 0. The molecule has 0 N–H and O–H groups in total. The van der Waals surface area contributed by atoms with Gasteiger partial charge in [0.2, 0.25) is 0 Å². The zero-order valence-electron chi connectivity index (χ0n) is 36.6. The van der Waals surface area contributed by atoms with Crippen molar-refractivity contribution in [2.24, 2.45) is 0 Å². The monoisotopic (exact) mass is 791 g/mol. The molecule has 0 saturated carbocycles. The summed E-state index contributed by atoms with van der Waals surface area (Å²) in [5.41, 5.74) is 0. The molecule has 0 aromatic heterocycles. The molecular formula is C51H82O6. The fourth-order valence-electron chi connectivity index (χ4n) is 5.73. The molecule has 57 heavy (non-hydrogen) atoms. The third kappa shape index (κ3) is 43.3. The van der Waals surface area contributed by atoms with Crippen LogP contribution >= 0.6 is 0 Å². The molecule has 0 heterocycles. The quantitative estimate of drug-likeness (QED) is 0.0203. The van der Waals surface area contributed by atoms with Crippen LogP contribution in [-0.4, -0.2) is 37.2 Å². The van der Waals surface area contributed by atoms with Crippen LogP contribution in [0.4, 0.5) is 0 Å². The van der Waals surface area contributed by atoms with Crippen LogP contribution in [0.15, 0.2) is 97.2 Å². The van der Waals surface area contributed by atoms with Crippen molar-refractivity contribution in [3.63, 3.8) is 0 Å². The minimum Gasteiger partial charge on any atom is -0.462 e. The smallest absolute Gasteiger partial charge is 0.306 e. The van der Waals surface area contributed by atoms with Gasteiger partial charge < -0.3 is 14.2 Å². The van der Waals surface area contributed by atoms with E-state index in [0.717, 1.165) is 96.3 Å². The van der Waals surface area contributed by atoms with Crippen molar-refractivity contribution in [2.45, 2.75) is 194 Å². The van der Waals surface area contributed by atoms with Crippen LogP contribution < -0.4 is 0 Å². The van der Waals surface area contributed by atoms with Crippen molar-refractivity contribution in [3.8, 4) is 0 Å². The number of ether oxygens (including phenoxy) is 3. The fraction of sp³-hybridized carbons (Fsp3) is 0.627. The molecule has 322 valence electrons. The number of hydrogen-bond donors (Lipinski definition) is 0. The summed E-state index contributed by atoms with van der Waals surface area (Å²) in [4.78, 5) is 37.7. The Morgan fingerprint density at radius 2 is 0.719 bits per heavy atom. The molecule has 0 fully saturated rings. The fourth-order valence-corrected chi connectivity index (χ4v) is 5.73. The van der Waals surface area contributed by atoms with Gasteiger partial charge in [0.15, 0.2) is 6.10 Å². The first-order valence-electron chi connectivity index (χ1n) is 22.8. The van der Waals surface area contributed by atoms with Crippen molar-refractivity contribution in [1.82, 2.24) is 0 Å². The maximum absolute atomic E-state index is 12.7. The molecule has 0 aliphatic carbocycles. The Bertz CT molecular complexity index is 1180. The predicted octanol–water partition coefficient (Wildman–Crippen LogP) is 14.6. The van der Waals surface area contributed by atoms with E-state index in [2.05, 4.69) is 69.4 Å². The number of rotatable bonds is 39. The molecule has 6 nitrogen and oxygen atoms in total. The van der Waals surface area contributed by atoms with Crippen LogP contribution in [-0.2, 0) is 28.6 Å². The number of carbonyl (C=O) groups is 3. The van der Waals surface area contributed by atoms with Crippen molar-refractivity contribution in [2.75, 3.05) is 13.2 Å². The predicted molar refractivity (Wildman–Crippen MR) is 242 cm³/mol. The molecule has 0 aliphatic rings. The van der Waals surface area contributed by atoms with Crippen molar-refractivity contribution in [3.05, 3.63) is 97.2 Å². The number of esters is 3. The van der Waals surface area contributed by atoms with E-state index in [4.69, 9.17) is 14.2 Å². The van der Waals surface area contributed by atoms with Crippen molar-refractivity contribution >= 4 is 17.9 Å². The van der Waals surface area contributed by atoms with Gasteiger partial charge in [-0.05, 0) is 83.5 Å². The van der Waals surface area contributed by atoms with Gasteiger partial charge in [0.05, 0.1) is 0 Å². The van der Waals surface area contributed by atoms with E-state index in [9.17, 15) is 14.4 Å².